The van der Waals surface area contributed by atoms with Crippen molar-refractivity contribution in [3.63, 3.8) is 0 Å². The maximum Gasteiger partial charge on any atom is 0.397 e. The Kier molecular flexibility index (Phi) is 7.87. The molecule has 4 rings (SSSR count). The molecule has 5 N–H and O–H groups in total. The molecule has 1 heterocycles. The van der Waals surface area contributed by atoms with Gasteiger partial charge in [-0.3, -0.25) is 9.11 Å². The van der Waals surface area contributed by atoms with Crippen LogP contribution in [-0.2, 0) is 34.5 Å². The van der Waals surface area contributed by atoms with Crippen molar-refractivity contribution in [1.29, 1.82) is 0 Å². The van der Waals surface area contributed by atoms with Gasteiger partial charge in [0.2, 0.25) is 11.9 Å². The Hall–Kier alpha value is -4.01. The highest BCUT2D eigenvalue weighted by molar-refractivity contribution is 7.91. The van der Waals surface area contributed by atoms with Crippen LogP contribution in [0.25, 0.3) is 10.8 Å². The summed E-state index contributed by atoms with van der Waals surface area (Å²) in [6, 6.07) is 11.4. The monoisotopic (exact) mass is 615 g/mol. The molecule has 212 valence electrons. The van der Waals surface area contributed by atoms with Crippen LogP contribution in [-0.4, -0.2) is 66.8 Å². The highest BCUT2D eigenvalue weighted by Gasteiger charge is 2.19. The van der Waals surface area contributed by atoms with E-state index in [-0.39, 0.29) is 32.8 Å². The molecule has 0 saturated heterocycles. The topological polar surface area (TPSA) is 235 Å². The van der Waals surface area contributed by atoms with Gasteiger partial charge in [0, 0.05) is 11.1 Å². The van der Waals surface area contributed by atoms with Crippen molar-refractivity contribution in [1.82, 2.24) is 15.0 Å². The minimum absolute atomic E-state index is 0.0739. The van der Waals surface area contributed by atoms with Crippen LogP contribution >= 0.6 is 0 Å². The summed E-state index contributed by atoms with van der Waals surface area (Å²) in [5.41, 5.74) is -0.0234. The third-order valence-electron chi connectivity index (χ3n) is 5.11. The molecule has 4 aromatic rings. The second kappa shape index (κ2) is 10.9. The number of hydrogen-bond donors (Lipinski definition) is 5. The Bertz CT molecular complexity index is 1940. The fourth-order valence-corrected chi connectivity index (χ4v) is 5.55. The number of halogens is 1. The first kappa shape index (κ1) is 29.0. The quantitative estimate of drug-likeness (QED) is 0.161. The Balaban J connectivity index is 1.64. The molecule has 0 saturated carbocycles. The number of sulfone groups is 1. The summed E-state index contributed by atoms with van der Waals surface area (Å²) < 4.78 is 106. The molecule has 19 heteroatoms. The smallest absolute Gasteiger partial charge is 0.397 e. The molecule has 0 atom stereocenters. The summed E-state index contributed by atoms with van der Waals surface area (Å²) in [6.07, 6.45) is -1.29. The zero-order chi connectivity index (χ0) is 29.3. The molecular weight excluding hydrogens is 597 g/mol. The number of nitrogens with one attached hydrogen (secondary N) is 2. The Morgan fingerprint density at radius 3 is 2.17 bits per heavy atom. The van der Waals surface area contributed by atoms with Gasteiger partial charge in [0.25, 0.3) is 10.1 Å². The van der Waals surface area contributed by atoms with Gasteiger partial charge in [-0.15, -0.1) is 0 Å². The van der Waals surface area contributed by atoms with Gasteiger partial charge in [-0.2, -0.15) is 36.2 Å². The Morgan fingerprint density at radius 1 is 0.825 bits per heavy atom. The maximum absolute atomic E-state index is 14.3. The first-order chi connectivity index (χ1) is 18.6. The molecule has 0 bridgehead atoms. The van der Waals surface area contributed by atoms with Crippen LogP contribution in [0.2, 0.25) is 0 Å². The zero-order valence-electron chi connectivity index (χ0n) is 19.8. The van der Waals surface area contributed by atoms with Gasteiger partial charge in [0.1, 0.15) is 5.75 Å². The van der Waals surface area contributed by atoms with Crippen molar-refractivity contribution in [3.8, 4) is 5.75 Å². The average Bonchev–Trinajstić information content (AvgIpc) is 2.82. The lowest BCUT2D eigenvalue weighted by Gasteiger charge is -2.13. The number of aromatic nitrogens is 3. The molecule has 0 aliphatic carbocycles. The largest absolute Gasteiger partial charge is 0.507 e. The molecule has 15 nitrogen and oxygen atoms in total. The van der Waals surface area contributed by atoms with Crippen LogP contribution in [0.15, 0.2) is 64.4 Å². The first-order valence-corrected chi connectivity index (χ1v) is 15.2. The predicted octanol–water partition coefficient (Wildman–Crippen LogP) is 2.20. The molecule has 0 aliphatic heterocycles. The van der Waals surface area contributed by atoms with Gasteiger partial charge in [-0.05, 0) is 41.8 Å². The second-order valence-electron chi connectivity index (χ2n) is 7.92. The molecule has 0 amide bonds. The van der Waals surface area contributed by atoms with Crippen LogP contribution < -0.4 is 10.6 Å². The lowest BCUT2D eigenvalue weighted by Crippen LogP contribution is -2.15. The molecule has 0 aliphatic rings. The van der Waals surface area contributed by atoms with Gasteiger partial charge < -0.3 is 15.7 Å². The van der Waals surface area contributed by atoms with E-state index in [2.05, 4.69) is 29.8 Å². The lowest BCUT2D eigenvalue weighted by atomic mass is 10.1. The highest BCUT2D eigenvalue weighted by atomic mass is 32.3. The lowest BCUT2D eigenvalue weighted by molar-refractivity contribution is 0.284. The van der Waals surface area contributed by atoms with Gasteiger partial charge in [-0.25, -0.2) is 12.6 Å². The highest BCUT2D eigenvalue weighted by Crippen LogP contribution is 2.35. The number of fused-ring (bicyclic) bond motifs is 1. The summed E-state index contributed by atoms with van der Waals surface area (Å²) in [7, 11) is -13.6. The summed E-state index contributed by atoms with van der Waals surface area (Å²) in [5, 5.41) is 15.8. The maximum atomic E-state index is 14.3. The van der Waals surface area contributed by atoms with Crippen LogP contribution in [0.4, 0.5) is 27.7 Å². The minimum Gasteiger partial charge on any atom is -0.507 e. The number of nitrogens with zero attached hydrogens (tertiary/aromatic N) is 3. The third-order valence-corrected chi connectivity index (χ3v) is 8.09. The van der Waals surface area contributed by atoms with Crippen molar-refractivity contribution in [2.75, 3.05) is 23.0 Å². The Labute approximate surface area is 226 Å². The molecule has 0 fully saturated rings. The van der Waals surface area contributed by atoms with E-state index in [0.717, 1.165) is 18.2 Å². The number of rotatable bonds is 10. The zero-order valence-corrected chi connectivity index (χ0v) is 22.2. The number of aromatic hydroxyl groups is 1. The summed E-state index contributed by atoms with van der Waals surface area (Å²) in [4.78, 5) is 10.2. The van der Waals surface area contributed by atoms with Crippen molar-refractivity contribution in [3.05, 3.63) is 60.7 Å². The molecule has 0 unspecified atom stereocenters. The van der Waals surface area contributed by atoms with Crippen molar-refractivity contribution >= 4 is 64.4 Å². The number of benzene rings is 3. The molecule has 0 spiro atoms. The third kappa shape index (κ3) is 7.14. The van der Waals surface area contributed by atoms with Crippen molar-refractivity contribution in [2.45, 2.75) is 9.79 Å². The summed E-state index contributed by atoms with van der Waals surface area (Å²) >= 11 is 0. The standard InChI is InChI=1S/C21H18FN5O10S3/c22-19-25-20(23-13-4-2-5-14(10-13)38(29,30)8-7-37-40(34,35)36)27-21(26-19)24-16-11-15(39(31,32)33)9-12-3-1-6-17(28)18(12)16/h1-6,9-11,28H,7-8H2,(H,31,32,33)(H,34,35,36)(H2,23,24,25,26,27). The van der Waals surface area contributed by atoms with Crippen LogP contribution in [0.1, 0.15) is 0 Å². The first-order valence-electron chi connectivity index (χ1n) is 10.7. The Morgan fingerprint density at radius 2 is 1.50 bits per heavy atom. The van der Waals surface area contributed by atoms with Gasteiger partial charge in [-0.1, -0.05) is 18.2 Å². The molecular formula is C21H18FN5O10S3. The fraction of sp³-hybridized carbons (Fsp3) is 0.0952. The molecule has 1 aromatic heterocycles. The van der Waals surface area contributed by atoms with Gasteiger partial charge in [0.05, 0.1) is 27.8 Å². The number of phenolic OH excluding ortho intramolecular Hbond substituents is 1. The minimum atomic E-state index is -4.83. The van der Waals surface area contributed by atoms with E-state index in [1.807, 2.05) is 0 Å². The second-order valence-corrected chi connectivity index (χ2v) is 12.5. The van der Waals surface area contributed by atoms with Gasteiger partial charge >= 0.3 is 16.5 Å². The number of hydrogen-bond acceptors (Lipinski definition) is 13. The number of anilines is 4. The van der Waals surface area contributed by atoms with E-state index in [1.165, 1.54) is 36.4 Å². The van der Waals surface area contributed by atoms with Crippen LogP contribution in [0.3, 0.4) is 0 Å². The fourth-order valence-electron chi connectivity index (χ4n) is 3.47. The normalized spacial score (nSPS) is 12.4. The van der Waals surface area contributed by atoms with Crippen LogP contribution in [0.5, 0.6) is 5.75 Å². The van der Waals surface area contributed by atoms with E-state index in [1.54, 1.807) is 0 Å². The van der Waals surface area contributed by atoms with E-state index in [9.17, 15) is 39.3 Å². The molecule has 3 aromatic carbocycles. The van der Waals surface area contributed by atoms with Crippen molar-refractivity contribution in [2.24, 2.45) is 0 Å². The van der Waals surface area contributed by atoms with Crippen LogP contribution in [0, 0.1) is 6.08 Å². The average molecular weight is 616 g/mol. The predicted molar refractivity (Wildman–Crippen MR) is 138 cm³/mol. The SMILES string of the molecule is O=S(=O)(O)OCCS(=O)(=O)c1cccc(Nc2nc(F)nc(Nc3cc(S(=O)(=O)O)cc4cccc(O)c34)n2)c1. The summed E-state index contributed by atoms with van der Waals surface area (Å²) in [5.74, 6) is -1.90. The van der Waals surface area contributed by atoms with Gasteiger partial charge in [0.15, 0.2) is 9.84 Å². The van der Waals surface area contributed by atoms with Crippen molar-refractivity contribution < 1.29 is 48.0 Å². The van der Waals surface area contributed by atoms with E-state index in [0.29, 0.717) is 0 Å². The van der Waals surface area contributed by atoms with E-state index >= 15 is 0 Å². The molecule has 0 radical (unpaired) electrons. The van der Waals surface area contributed by atoms with E-state index in [4.69, 9.17) is 4.55 Å². The van der Waals surface area contributed by atoms with E-state index < -0.39 is 65.6 Å². The number of phenols is 1. The molecule has 40 heavy (non-hydrogen) atoms. The summed E-state index contributed by atoms with van der Waals surface area (Å²) in [6.45, 7) is -0.838.